The molecule has 0 aliphatic heterocycles. The Labute approximate surface area is 98.1 Å². The second-order valence-corrected chi connectivity index (χ2v) is 4.46. The highest BCUT2D eigenvalue weighted by atomic mass is 15.2. The molecule has 0 bridgehead atoms. The third kappa shape index (κ3) is 4.14. The van der Waals surface area contributed by atoms with Crippen LogP contribution in [0, 0.1) is 5.92 Å². The van der Waals surface area contributed by atoms with Gasteiger partial charge in [0.05, 0.1) is 0 Å². The first-order valence-corrected chi connectivity index (χ1v) is 5.81. The van der Waals surface area contributed by atoms with Crippen molar-refractivity contribution in [1.82, 2.24) is 15.3 Å². The summed E-state index contributed by atoms with van der Waals surface area (Å²) in [5.74, 6) is 2.55. The Morgan fingerprint density at radius 3 is 2.81 bits per heavy atom. The van der Waals surface area contributed by atoms with E-state index in [0.717, 1.165) is 31.2 Å². The van der Waals surface area contributed by atoms with Crippen molar-refractivity contribution in [1.29, 1.82) is 0 Å². The number of nitrogens with zero attached hydrogens (tertiary/aromatic N) is 3. The van der Waals surface area contributed by atoms with Crippen molar-refractivity contribution in [3.05, 3.63) is 18.1 Å². The first-order valence-electron chi connectivity index (χ1n) is 5.81. The van der Waals surface area contributed by atoms with E-state index in [9.17, 15) is 0 Å². The monoisotopic (exact) mass is 222 g/mol. The fraction of sp³-hybridized carbons (Fsp3) is 0.667. The van der Waals surface area contributed by atoms with E-state index >= 15 is 0 Å². The minimum atomic E-state index is 0.640. The molecule has 1 aromatic rings. The summed E-state index contributed by atoms with van der Waals surface area (Å²) < 4.78 is 0. The maximum atomic E-state index is 4.54. The van der Waals surface area contributed by atoms with Gasteiger partial charge in [0.25, 0.3) is 0 Å². The highest BCUT2D eigenvalue weighted by molar-refractivity contribution is 5.36. The summed E-state index contributed by atoms with van der Waals surface area (Å²) in [7, 11) is 4.01. The third-order valence-corrected chi connectivity index (χ3v) is 2.32. The van der Waals surface area contributed by atoms with E-state index in [1.807, 2.05) is 19.3 Å². The Bertz CT molecular complexity index is 312. The van der Waals surface area contributed by atoms with Gasteiger partial charge >= 0.3 is 0 Å². The molecule has 0 aliphatic carbocycles. The largest absolute Gasteiger partial charge is 0.359 e. The van der Waals surface area contributed by atoms with Crippen LogP contribution in [0.3, 0.4) is 0 Å². The number of aromatic nitrogens is 2. The smallest absolute Gasteiger partial charge is 0.131 e. The molecule has 0 radical (unpaired) electrons. The lowest BCUT2D eigenvalue weighted by atomic mass is 10.2. The second-order valence-electron chi connectivity index (χ2n) is 4.46. The first-order chi connectivity index (χ1) is 7.63. The van der Waals surface area contributed by atoms with Crippen molar-refractivity contribution in [2.24, 2.45) is 5.92 Å². The average molecular weight is 222 g/mol. The number of rotatable bonds is 6. The molecule has 0 spiro atoms. The number of anilines is 1. The molecule has 4 nitrogen and oxygen atoms in total. The highest BCUT2D eigenvalue weighted by Gasteiger charge is 2.05. The topological polar surface area (TPSA) is 41.1 Å². The van der Waals surface area contributed by atoms with Crippen LogP contribution in [0.4, 0.5) is 5.82 Å². The molecule has 0 aliphatic rings. The van der Waals surface area contributed by atoms with Gasteiger partial charge in [-0.25, -0.2) is 9.97 Å². The van der Waals surface area contributed by atoms with E-state index in [2.05, 4.69) is 41.1 Å². The van der Waals surface area contributed by atoms with Crippen molar-refractivity contribution in [3.63, 3.8) is 0 Å². The van der Waals surface area contributed by atoms with Gasteiger partial charge in [-0.15, -0.1) is 0 Å². The molecule has 0 amide bonds. The van der Waals surface area contributed by atoms with Crippen LogP contribution < -0.4 is 10.2 Å². The summed E-state index contributed by atoms with van der Waals surface area (Å²) in [5, 5.41) is 3.10. The van der Waals surface area contributed by atoms with Crippen LogP contribution in [-0.2, 0) is 6.42 Å². The van der Waals surface area contributed by atoms with E-state index in [0.29, 0.717) is 5.92 Å². The Kier molecular flexibility index (Phi) is 5.19. The predicted octanol–water partition coefficient (Wildman–Crippen LogP) is 1.33. The number of likely N-dealkylation sites (N-methyl/N-ethyl adjacent to an activating group) is 1. The zero-order valence-corrected chi connectivity index (χ0v) is 10.7. The van der Waals surface area contributed by atoms with Crippen molar-refractivity contribution >= 4 is 5.82 Å². The zero-order valence-electron chi connectivity index (χ0n) is 10.7. The number of nitrogens with one attached hydrogen (secondary N) is 1. The SMILES string of the molecule is CNCCc1nccc(N(C)CC(C)C)n1. The van der Waals surface area contributed by atoms with Crippen LogP contribution in [0.5, 0.6) is 0 Å². The molecule has 1 aromatic heterocycles. The molecule has 1 rings (SSSR count). The van der Waals surface area contributed by atoms with Crippen LogP contribution in [0.25, 0.3) is 0 Å². The Hall–Kier alpha value is -1.16. The van der Waals surface area contributed by atoms with Gasteiger partial charge in [0, 0.05) is 32.8 Å². The first kappa shape index (κ1) is 12.9. The van der Waals surface area contributed by atoms with E-state index < -0.39 is 0 Å². The van der Waals surface area contributed by atoms with Gasteiger partial charge in [-0.2, -0.15) is 0 Å². The van der Waals surface area contributed by atoms with E-state index in [1.54, 1.807) is 0 Å². The van der Waals surface area contributed by atoms with E-state index in [1.165, 1.54) is 0 Å². The van der Waals surface area contributed by atoms with Crippen LogP contribution >= 0.6 is 0 Å². The zero-order chi connectivity index (χ0) is 12.0. The van der Waals surface area contributed by atoms with Gasteiger partial charge in [-0.3, -0.25) is 0 Å². The van der Waals surface area contributed by atoms with Crippen molar-refractivity contribution in [2.45, 2.75) is 20.3 Å². The average Bonchev–Trinajstić information content (AvgIpc) is 2.26. The summed E-state index contributed by atoms with van der Waals surface area (Å²) in [4.78, 5) is 11.0. The fourth-order valence-electron chi connectivity index (χ4n) is 1.60. The molecule has 0 atom stereocenters. The minimum absolute atomic E-state index is 0.640. The molecular formula is C12H22N4. The van der Waals surface area contributed by atoms with Gasteiger partial charge in [0.2, 0.25) is 0 Å². The quantitative estimate of drug-likeness (QED) is 0.788. The Morgan fingerprint density at radius 2 is 2.19 bits per heavy atom. The standard InChI is InChI=1S/C12H22N4/c1-10(2)9-16(4)12-6-8-14-11(15-12)5-7-13-3/h6,8,10,13H,5,7,9H2,1-4H3. The Morgan fingerprint density at radius 1 is 1.44 bits per heavy atom. The molecule has 0 unspecified atom stereocenters. The van der Waals surface area contributed by atoms with Gasteiger partial charge in [0.15, 0.2) is 0 Å². The third-order valence-electron chi connectivity index (χ3n) is 2.32. The second kappa shape index (κ2) is 6.43. The lowest BCUT2D eigenvalue weighted by Crippen LogP contribution is -2.24. The molecule has 16 heavy (non-hydrogen) atoms. The molecule has 0 fully saturated rings. The molecule has 0 saturated carbocycles. The summed E-state index contributed by atoms with van der Waals surface area (Å²) in [5.41, 5.74) is 0. The molecule has 0 saturated heterocycles. The number of hydrogen-bond donors (Lipinski definition) is 1. The van der Waals surface area contributed by atoms with Crippen molar-refractivity contribution < 1.29 is 0 Å². The Balaban J connectivity index is 2.65. The molecular weight excluding hydrogens is 200 g/mol. The molecule has 90 valence electrons. The summed E-state index contributed by atoms with van der Waals surface area (Å²) in [6.07, 6.45) is 2.71. The molecule has 4 heteroatoms. The van der Waals surface area contributed by atoms with Crippen molar-refractivity contribution in [3.8, 4) is 0 Å². The van der Waals surface area contributed by atoms with Crippen molar-refractivity contribution in [2.75, 3.05) is 32.1 Å². The van der Waals surface area contributed by atoms with Crippen LogP contribution in [0.2, 0.25) is 0 Å². The summed E-state index contributed by atoms with van der Waals surface area (Å²) in [6.45, 7) is 6.35. The highest BCUT2D eigenvalue weighted by Crippen LogP contribution is 2.10. The lowest BCUT2D eigenvalue weighted by Gasteiger charge is -2.20. The number of hydrogen-bond acceptors (Lipinski definition) is 4. The summed E-state index contributed by atoms with van der Waals surface area (Å²) >= 11 is 0. The van der Waals surface area contributed by atoms with E-state index in [4.69, 9.17) is 0 Å². The van der Waals surface area contributed by atoms with Crippen LogP contribution in [0.1, 0.15) is 19.7 Å². The molecule has 1 N–H and O–H groups in total. The van der Waals surface area contributed by atoms with Gasteiger partial charge < -0.3 is 10.2 Å². The van der Waals surface area contributed by atoms with Gasteiger partial charge in [-0.05, 0) is 19.0 Å². The van der Waals surface area contributed by atoms with Crippen LogP contribution in [-0.4, -0.2) is 37.2 Å². The normalized spacial score (nSPS) is 10.8. The van der Waals surface area contributed by atoms with E-state index in [-0.39, 0.29) is 0 Å². The maximum absolute atomic E-state index is 4.54. The van der Waals surface area contributed by atoms with Crippen LogP contribution in [0.15, 0.2) is 12.3 Å². The van der Waals surface area contributed by atoms with Gasteiger partial charge in [0.1, 0.15) is 11.6 Å². The molecule has 1 heterocycles. The fourth-order valence-corrected chi connectivity index (χ4v) is 1.60. The maximum Gasteiger partial charge on any atom is 0.131 e. The molecule has 0 aromatic carbocycles. The lowest BCUT2D eigenvalue weighted by molar-refractivity contribution is 0.632. The minimum Gasteiger partial charge on any atom is -0.359 e. The summed E-state index contributed by atoms with van der Waals surface area (Å²) in [6, 6.07) is 1.96. The predicted molar refractivity (Wildman–Crippen MR) is 67.8 cm³/mol. The van der Waals surface area contributed by atoms with Gasteiger partial charge in [-0.1, -0.05) is 13.8 Å².